The molecule has 0 radical (unpaired) electrons. The molecule has 1 aromatic heterocycles. The first-order valence-corrected chi connectivity index (χ1v) is 10.4. The van der Waals surface area contributed by atoms with E-state index in [1.165, 1.54) is 28.5 Å². The van der Waals surface area contributed by atoms with Crippen LogP contribution in [0.25, 0.3) is 16.8 Å². The fourth-order valence-corrected chi connectivity index (χ4v) is 5.27. The summed E-state index contributed by atoms with van der Waals surface area (Å²) >= 11 is 7.61. The molecule has 0 saturated heterocycles. The Balaban J connectivity index is 1.88. The highest BCUT2D eigenvalue weighted by Crippen LogP contribution is 2.48. The number of nitrogens with zero attached hydrogens (tertiary/aromatic N) is 1. The molecule has 2 N–H and O–H groups in total. The molecule has 2 heterocycles. The molecular weight excluding hydrogens is 386 g/mol. The fourth-order valence-electron chi connectivity index (χ4n) is 3.61. The van der Waals surface area contributed by atoms with E-state index in [1.807, 2.05) is 24.3 Å². The lowest BCUT2D eigenvalue weighted by molar-refractivity contribution is -0.114. The molecular formula is C22H23N3OS2. The first-order chi connectivity index (χ1) is 13.2. The molecule has 1 aliphatic heterocycles. The van der Waals surface area contributed by atoms with Crippen molar-refractivity contribution < 1.29 is 4.79 Å². The Labute approximate surface area is 174 Å². The number of hydrogen-bond acceptors (Lipinski definition) is 4. The number of benzene rings is 2. The van der Waals surface area contributed by atoms with Gasteiger partial charge in [-0.25, -0.2) is 0 Å². The quantitative estimate of drug-likeness (QED) is 0.498. The summed E-state index contributed by atoms with van der Waals surface area (Å²) in [5, 5.41) is 6.49. The zero-order valence-corrected chi connectivity index (χ0v) is 18.3. The lowest BCUT2D eigenvalue weighted by Gasteiger charge is -2.33. The summed E-state index contributed by atoms with van der Waals surface area (Å²) in [5.74, 6) is -0.0777. The second kappa shape index (κ2) is 6.57. The highest BCUT2D eigenvalue weighted by molar-refractivity contribution is 7.71. The van der Waals surface area contributed by atoms with Crippen molar-refractivity contribution in [3.05, 3.63) is 57.0 Å². The smallest absolute Gasteiger partial charge is 0.221 e. The molecule has 6 heteroatoms. The molecule has 1 amide bonds. The van der Waals surface area contributed by atoms with Gasteiger partial charge < -0.3 is 10.6 Å². The SMILES string of the molecule is CC(=O)Nc1ccc(-n2sc3c(c2=S)-c2cc(C)c(C)cc2NC3(C)C)cc1. The molecule has 0 aliphatic carbocycles. The third-order valence-corrected chi connectivity index (χ3v) is 7.12. The number of hydrogen-bond donors (Lipinski definition) is 2. The number of amides is 1. The monoisotopic (exact) mass is 409 g/mol. The fraction of sp³-hybridized carbons (Fsp3) is 0.273. The van der Waals surface area contributed by atoms with Crippen LogP contribution in [0.15, 0.2) is 36.4 Å². The molecule has 0 fully saturated rings. The topological polar surface area (TPSA) is 46.1 Å². The number of carbonyl (C=O) groups excluding carboxylic acids is 1. The third-order valence-electron chi connectivity index (χ3n) is 5.15. The van der Waals surface area contributed by atoms with Gasteiger partial charge in [-0.2, -0.15) is 0 Å². The maximum absolute atomic E-state index is 11.3. The molecule has 1 aliphatic rings. The minimum Gasteiger partial charge on any atom is -0.375 e. The molecule has 0 bridgehead atoms. The predicted octanol–water partition coefficient (Wildman–Crippen LogP) is 6.17. The second-order valence-electron chi connectivity index (χ2n) is 7.86. The van der Waals surface area contributed by atoms with E-state index in [1.54, 1.807) is 11.5 Å². The lowest BCUT2D eigenvalue weighted by Crippen LogP contribution is -2.30. The molecule has 2 aromatic carbocycles. The number of rotatable bonds is 2. The van der Waals surface area contributed by atoms with Crippen molar-refractivity contribution >= 4 is 41.0 Å². The third kappa shape index (κ3) is 3.06. The Hall–Kier alpha value is -2.44. The Morgan fingerprint density at radius 2 is 1.79 bits per heavy atom. The van der Waals surface area contributed by atoms with Crippen molar-refractivity contribution in [2.24, 2.45) is 0 Å². The lowest BCUT2D eigenvalue weighted by atomic mass is 9.88. The van der Waals surface area contributed by atoms with E-state index in [4.69, 9.17) is 12.2 Å². The van der Waals surface area contributed by atoms with Crippen molar-refractivity contribution in [3.8, 4) is 16.8 Å². The van der Waals surface area contributed by atoms with Crippen LogP contribution in [-0.2, 0) is 10.3 Å². The Bertz CT molecular complexity index is 1150. The highest BCUT2D eigenvalue weighted by atomic mass is 32.1. The zero-order valence-electron chi connectivity index (χ0n) is 16.6. The zero-order chi connectivity index (χ0) is 20.2. The van der Waals surface area contributed by atoms with Gasteiger partial charge in [0.15, 0.2) is 0 Å². The van der Waals surface area contributed by atoms with Crippen molar-refractivity contribution in [1.29, 1.82) is 0 Å². The summed E-state index contributed by atoms with van der Waals surface area (Å²) in [6.07, 6.45) is 0. The van der Waals surface area contributed by atoms with Gasteiger partial charge in [0, 0.05) is 29.4 Å². The number of fused-ring (bicyclic) bond motifs is 3. The van der Waals surface area contributed by atoms with Crippen LogP contribution >= 0.6 is 23.8 Å². The van der Waals surface area contributed by atoms with Gasteiger partial charge in [0.1, 0.15) is 4.64 Å². The number of aromatic nitrogens is 1. The van der Waals surface area contributed by atoms with Gasteiger partial charge in [-0.15, -0.1) is 0 Å². The Kier molecular flexibility index (Phi) is 4.43. The summed E-state index contributed by atoms with van der Waals surface area (Å²) in [4.78, 5) is 12.5. The van der Waals surface area contributed by atoms with Gasteiger partial charge in [0.25, 0.3) is 0 Å². The van der Waals surface area contributed by atoms with Gasteiger partial charge in [0.2, 0.25) is 5.91 Å². The molecule has 144 valence electrons. The van der Waals surface area contributed by atoms with Gasteiger partial charge in [0.05, 0.1) is 16.1 Å². The maximum Gasteiger partial charge on any atom is 0.221 e. The van der Waals surface area contributed by atoms with Crippen molar-refractivity contribution in [2.75, 3.05) is 10.6 Å². The summed E-state index contributed by atoms with van der Waals surface area (Å²) in [6, 6.07) is 12.2. The minimum absolute atomic E-state index is 0.0777. The Morgan fingerprint density at radius 3 is 2.43 bits per heavy atom. The molecule has 28 heavy (non-hydrogen) atoms. The van der Waals surface area contributed by atoms with Gasteiger partial charge >= 0.3 is 0 Å². The average Bonchev–Trinajstić information content (AvgIpc) is 2.96. The number of aryl methyl sites for hydroxylation is 2. The van der Waals surface area contributed by atoms with Crippen LogP contribution in [-0.4, -0.2) is 9.86 Å². The van der Waals surface area contributed by atoms with E-state index in [2.05, 4.69) is 54.4 Å². The minimum atomic E-state index is -0.205. The Morgan fingerprint density at radius 1 is 1.14 bits per heavy atom. The van der Waals surface area contributed by atoms with E-state index >= 15 is 0 Å². The summed E-state index contributed by atoms with van der Waals surface area (Å²) < 4.78 is 2.93. The first kappa shape index (κ1) is 18.9. The van der Waals surface area contributed by atoms with Gasteiger partial charge in [-0.05, 0) is 75.2 Å². The van der Waals surface area contributed by atoms with Gasteiger partial charge in [-0.3, -0.25) is 8.75 Å². The number of carbonyl (C=O) groups is 1. The van der Waals surface area contributed by atoms with E-state index in [0.29, 0.717) is 0 Å². The van der Waals surface area contributed by atoms with Crippen LogP contribution in [0.2, 0.25) is 0 Å². The normalized spacial score (nSPS) is 14.0. The predicted molar refractivity (Wildman–Crippen MR) is 120 cm³/mol. The van der Waals surface area contributed by atoms with Gasteiger partial charge in [-0.1, -0.05) is 23.8 Å². The molecule has 4 nitrogen and oxygen atoms in total. The van der Waals surface area contributed by atoms with E-state index in [-0.39, 0.29) is 11.4 Å². The van der Waals surface area contributed by atoms with Crippen LogP contribution in [0.4, 0.5) is 11.4 Å². The maximum atomic E-state index is 11.3. The van der Waals surface area contributed by atoms with Crippen LogP contribution in [0.3, 0.4) is 0 Å². The summed E-state index contributed by atoms with van der Waals surface area (Å²) in [6.45, 7) is 10.2. The molecule has 3 aromatic rings. The number of nitrogens with one attached hydrogen (secondary N) is 2. The van der Waals surface area contributed by atoms with E-state index in [0.717, 1.165) is 27.3 Å². The van der Waals surface area contributed by atoms with E-state index < -0.39 is 0 Å². The van der Waals surface area contributed by atoms with Crippen LogP contribution in [0.5, 0.6) is 0 Å². The molecule has 0 unspecified atom stereocenters. The summed E-state index contributed by atoms with van der Waals surface area (Å²) in [7, 11) is 0. The number of anilines is 2. The van der Waals surface area contributed by atoms with Crippen molar-refractivity contribution in [3.63, 3.8) is 0 Å². The van der Waals surface area contributed by atoms with Crippen LogP contribution in [0, 0.1) is 18.5 Å². The standard InChI is InChI=1S/C22H23N3OS2/c1-12-10-17-18(11-13(12)2)24-22(4,5)20-19(17)21(27)25(28-20)16-8-6-15(7-9-16)23-14(3)26/h6-11,24H,1-5H3,(H,23,26). The largest absolute Gasteiger partial charge is 0.375 e. The highest BCUT2D eigenvalue weighted by Gasteiger charge is 2.34. The van der Waals surface area contributed by atoms with Crippen LogP contribution in [0.1, 0.15) is 36.8 Å². The van der Waals surface area contributed by atoms with Crippen LogP contribution < -0.4 is 10.6 Å². The van der Waals surface area contributed by atoms with Crippen molar-refractivity contribution in [1.82, 2.24) is 3.96 Å². The molecule has 0 saturated carbocycles. The molecule has 4 rings (SSSR count). The second-order valence-corrected chi connectivity index (χ2v) is 9.20. The van der Waals surface area contributed by atoms with Crippen molar-refractivity contribution in [2.45, 2.75) is 40.2 Å². The molecule has 0 spiro atoms. The first-order valence-electron chi connectivity index (χ1n) is 9.22. The average molecular weight is 410 g/mol. The van der Waals surface area contributed by atoms with E-state index in [9.17, 15) is 4.79 Å². The molecule has 0 atom stereocenters. The summed E-state index contributed by atoms with van der Waals surface area (Å²) in [5.41, 5.74) is 7.56.